The van der Waals surface area contributed by atoms with E-state index in [9.17, 15) is 4.79 Å². The molecule has 0 bridgehead atoms. The van der Waals surface area contributed by atoms with Crippen LogP contribution in [0.15, 0.2) is 18.2 Å². The molecule has 1 saturated heterocycles. The number of nitrogens with zero attached hydrogens (tertiary/aromatic N) is 1. The first-order valence-electron chi connectivity index (χ1n) is 7.92. The van der Waals surface area contributed by atoms with Crippen molar-refractivity contribution in [2.24, 2.45) is 5.92 Å². The molecule has 1 aromatic carbocycles. The summed E-state index contributed by atoms with van der Waals surface area (Å²) in [7, 11) is 0. The second-order valence-electron chi connectivity index (χ2n) is 6.38. The van der Waals surface area contributed by atoms with Crippen LogP contribution in [0.1, 0.15) is 24.8 Å². The van der Waals surface area contributed by atoms with E-state index in [2.05, 4.69) is 10.9 Å². The van der Waals surface area contributed by atoms with Gasteiger partial charge in [0.05, 0.1) is 6.54 Å². The summed E-state index contributed by atoms with van der Waals surface area (Å²) >= 11 is 6.06. The van der Waals surface area contributed by atoms with Crippen molar-refractivity contribution in [3.05, 3.63) is 28.8 Å². The van der Waals surface area contributed by atoms with Crippen LogP contribution >= 0.6 is 11.6 Å². The van der Waals surface area contributed by atoms with Gasteiger partial charge in [0.15, 0.2) is 0 Å². The second kappa shape index (κ2) is 5.72. The van der Waals surface area contributed by atoms with Crippen molar-refractivity contribution >= 4 is 17.5 Å². The van der Waals surface area contributed by atoms with Crippen molar-refractivity contribution < 1.29 is 9.53 Å². The summed E-state index contributed by atoms with van der Waals surface area (Å²) < 4.78 is 5.73. The Labute approximate surface area is 134 Å². The molecular weight excluding hydrogens is 302 g/mol. The highest BCUT2D eigenvalue weighted by Crippen LogP contribution is 2.36. The van der Waals surface area contributed by atoms with Crippen molar-refractivity contribution in [2.75, 3.05) is 13.2 Å². The van der Waals surface area contributed by atoms with E-state index in [0.29, 0.717) is 30.8 Å². The maximum Gasteiger partial charge on any atom is 0.241 e. The molecule has 4 rings (SSSR count). The molecule has 6 heteroatoms. The molecule has 1 aliphatic carbocycles. The van der Waals surface area contributed by atoms with E-state index >= 15 is 0 Å². The number of fused-ring (bicyclic) bond motifs is 1. The minimum Gasteiger partial charge on any atom is -0.491 e. The van der Waals surface area contributed by atoms with E-state index in [0.717, 1.165) is 23.7 Å². The lowest BCUT2D eigenvalue weighted by molar-refractivity contribution is -0.133. The van der Waals surface area contributed by atoms with Crippen LogP contribution < -0.4 is 15.6 Å². The van der Waals surface area contributed by atoms with Gasteiger partial charge >= 0.3 is 0 Å². The molecule has 22 heavy (non-hydrogen) atoms. The predicted octanol–water partition coefficient (Wildman–Crippen LogP) is 1.71. The number of halogens is 1. The van der Waals surface area contributed by atoms with Gasteiger partial charge in [-0.2, -0.15) is 0 Å². The SMILES string of the molecule is O=C(C1CC(C2CC2)NN1)N1CCOc2ccc(Cl)cc2C1. The highest BCUT2D eigenvalue weighted by atomic mass is 35.5. The van der Waals surface area contributed by atoms with Gasteiger partial charge < -0.3 is 9.64 Å². The van der Waals surface area contributed by atoms with Gasteiger partial charge in [-0.1, -0.05) is 11.6 Å². The molecule has 2 aliphatic heterocycles. The fourth-order valence-electron chi connectivity index (χ4n) is 3.32. The standard InChI is InChI=1S/C16H20ClN3O2/c17-12-3-4-15-11(7-12)9-20(5-6-22-15)16(21)14-8-13(18-19-14)10-1-2-10/h3-4,7,10,13-14,18-19H,1-2,5-6,8-9H2. The van der Waals surface area contributed by atoms with Crippen LogP contribution in [0.2, 0.25) is 5.02 Å². The topological polar surface area (TPSA) is 53.6 Å². The Morgan fingerprint density at radius 2 is 2.18 bits per heavy atom. The average molecular weight is 322 g/mol. The molecule has 2 heterocycles. The molecule has 1 saturated carbocycles. The van der Waals surface area contributed by atoms with Gasteiger partial charge in [-0.3, -0.25) is 10.2 Å². The maximum absolute atomic E-state index is 12.8. The summed E-state index contributed by atoms with van der Waals surface area (Å²) in [5.74, 6) is 1.72. The number of nitrogens with one attached hydrogen (secondary N) is 2. The van der Waals surface area contributed by atoms with Crippen LogP contribution in [0, 0.1) is 5.92 Å². The van der Waals surface area contributed by atoms with Gasteiger partial charge in [0.2, 0.25) is 5.91 Å². The molecule has 3 aliphatic rings. The van der Waals surface area contributed by atoms with Crippen LogP contribution in [0.3, 0.4) is 0 Å². The smallest absolute Gasteiger partial charge is 0.241 e. The van der Waals surface area contributed by atoms with Gasteiger partial charge in [-0.15, -0.1) is 0 Å². The third-order valence-corrected chi connectivity index (χ3v) is 4.97. The zero-order valence-corrected chi connectivity index (χ0v) is 13.1. The third-order valence-electron chi connectivity index (χ3n) is 4.74. The van der Waals surface area contributed by atoms with E-state index in [-0.39, 0.29) is 11.9 Å². The predicted molar refractivity (Wildman–Crippen MR) is 83.6 cm³/mol. The largest absolute Gasteiger partial charge is 0.491 e. The van der Waals surface area contributed by atoms with Crippen LogP contribution in [0.25, 0.3) is 0 Å². The average Bonchev–Trinajstić information content (AvgIpc) is 3.28. The number of rotatable bonds is 2. The number of benzene rings is 1. The Bertz CT molecular complexity index is 591. The highest BCUT2D eigenvalue weighted by molar-refractivity contribution is 6.30. The lowest BCUT2D eigenvalue weighted by Crippen LogP contribution is -2.46. The molecule has 0 radical (unpaired) electrons. The third kappa shape index (κ3) is 2.81. The summed E-state index contributed by atoms with van der Waals surface area (Å²) in [6, 6.07) is 5.89. The van der Waals surface area contributed by atoms with E-state index in [1.807, 2.05) is 23.1 Å². The molecule has 1 aromatic rings. The zero-order chi connectivity index (χ0) is 15.1. The van der Waals surface area contributed by atoms with E-state index in [4.69, 9.17) is 16.3 Å². The minimum absolute atomic E-state index is 0.133. The molecule has 2 atom stereocenters. The van der Waals surface area contributed by atoms with Crippen molar-refractivity contribution in [1.82, 2.24) is 15.8 Å². The zero-order valence-electron chi connectivity index (χ0n) is 12.3. The van der Waals surface area contributed by atoms with E-state index < -0.39 is 0 Å². The highest BCUT2D eigenvalue weighted by Gasteiger charge is 2.40. The number of carbonyl (C=O) groups is 1. The quantitative estimate of drug-likeness (QED) is 0.870. The number of amides is 1. The van der Waals surface area contributed by atoms with Gasteiger partial charge in [-0.05, 0) is 43.4 Å². The van der Waals surface area contributed by atoms with Gasteiger partial charge in [0, 0.05) is 23.2 Å². The molecule has 5 nitrogen and oxygen atoms in total. The normalized spacial score (nSPS) is 28.0. The van der Waals surface area contributed by atoms with Gasteiger partial charge in [-0.25, -0.2) is 5.43 Å². The second-order valence-corrected chi connectivity index (χ2v) is 6.82. The lowest BCUT2D eigenvalue weighted by Gasteiger charge is -2.23. The summed E-state index contributed by atoms with van der Waals surface area (Å²) in [5, 5.41) is 0.672. The van der Waals surface area contributed by atoms with Gasteiger partial charge in [0.25, 0.3) is 0 Å². The van der Waals surface area contributed by atoms with E-state index in [1.165, 1.54) is 12.8 Å². The summed E-state index contributed by atoms with van der Waals surface area (Å²) in [4.78, 5) is 14.6. The molecule has 2 N–H and O–H groups in total. The first kappa shape index (κ1) is 14.3. The van der Waals surface area contributed by atoms with Crippen LogP contribution in [0.5, 0.6) is 5.75 Å². The fourth-order valence-corrected chi connectivity index (χ4v) is 3.52. The van der Waals surface area contributed by atoms with Crippen LogP contribution in [-0.4, -0.2) is 36.0 Å². The van der Waals surface area contributed by atoms with Gasteiger partial charge in [0.1, 0.15) is 18.4 Å². The van der Waals surface area contributed by atoms with Crippen molar-refractivity contribution in [1.29, 1.82) is 0 Å². The first-order valence-corrected chi connectivity index (χ1v) is 8.29. The minimum atomic E-state index is -0.133. The number of carbonyl (C=O) groups excluding carboxylic acids is 1. The Kier molecular flexibility index (Phi) is 3.72. The summed E-state index contributed by atoms with van der Waals surface area (Å²) in [6.07, 6.45) is 3.44. The van der Waals surface area contributed by atoms with Crippen molar-refractivity contribution in [3.8, 4) is 5.75 Å². The molecular formula is C16H20ClN3O2. The number of hydrogen-bond donors (Lipinski definition) is 2. The molecule has 2 fully saturated rings. The number of hydrogen-bond acceptors (Lipinski definition) is 4. The summed E-state index contributed by atoms with van der Waals surface area (Å²) in [6.45, 7) is 1.69. The monoisotopic (exact) mass is 321 g/mol. The fraction of sp³-hybridized carbons (Fsp3) is 0.562. The maximum atomic E-state index is 12.8. The summed E-state index contributed by atoms with van der Waals surface area (Å²) in [5.41, 5.74) is 7.43. The Balaban J connectivity index is 1.46. The molecule has 118 valence electrons. The van der Waals surface area contributed by atoms with Crippen molar-refractivity contribution in [3.63, 3.8) is 0 Å². The molecule has 0 spiro atoms. The molecule has 1 amide bonds. The molecule has 0 aromatic heterocycles. The van der Waals surface area contributed by atoms with E-state index in [1.54, 1.807) is 0 Å². The molecule has 2 unspecified atom stereocenters. The van der Waals surface area contributed by atoms with Crippen molar-refractivity contribution in [2.45, 2.75) is 37.9 Å². The lowest BCUT2D eigenvalue weighted by atomic mass is 10.1. The Hall–Kier alpha value is -1.30. The number of ether oxygens (including phenoxy) is 1. The number of hydrazine groups is 1. The Morgan fingerprint density at radius 3 is 3.00 bits per heavy atom. The Morgan fingerprint density at radius 1 is 1.32 bits per heavy atom. The van der Waals surface area contributed by atoms with Crippen LogP contribution in [-0.2, 0) is 11.3 Å². The first-order chi connectivity index (χ1) is 10.7. The van der Waals surface area contributed by atoms with Crippen LogP contribution in [0.4, 0.5) is 0 Å².